The minimum atomic E-state index is -0.0334. The molecule has 11 heteroatoms. The summed E-state index contributed by atoms with van der Waals surface area (Å²) in [5.74, 6) is 3.51. The van der Waals surface area contributed by atoms with Crippen molar-refractivity contribution >= 4 is 17.6 Å². The maximum Gasteiger partial charge on any atom is 0.231 e. The maximum atomic E-state index is 6.11. The molecule has 4 aromatic rings. The summed E-state index contributed by atoms with van der Waals surface area (Å²) >= 11 is 0. The van der Waals surface area contributed by atoms with Crippen molar-refractivity contribution in [1.29, 1.82) is 0 Å². The predicted molar refractivity (Wildman–Crippen MR) is 132 cm³/mol. The molecule has 4 aromatic heterocycles. The lowest BCUT2D eigenvalue weighted by atomic mass is 10.1. The summed E-state index contributed by atoms with van der Waals surface area (Å²) in [6.45, 7) is 4.80. The summed E-state index contributed by atoms with van der Waals surface area (Å²) in [6.07, 6.45) is 4.64. The Hall–Kier alpha value is -3.99. The SMILES string of the molecule is Cc1cc(Nc2cc(OCC3CCOC3)nc(N3CCCC3c3cc(-c4ccccn4)no3)n2)n[nH]1. The second-order valence-corrected chi connectivity index (χ2v) is 9.17. The van der Waals surface area contributed by atoms with Crippen molar-refractivity contribution in [2.24, 2.45) is 5.92 Å². The second-order valence-electron chi connectivity index (χ2n) is 9.17. The minimum Gasteiger partial charge on any atom is -0.477 e. The van der Waals surface area contributed by atoms with Crippen molar-refractivity contribution in [2.45, 2.75) is 32.2 Å². The molecule has 0 spiro atoms. The number of aromatic nitrogens is 6. The molecule has 2 saturated heterocycles. The van der Waals surface area contributed by atoms with Crippen LogP contribution in [0.15, 0.2) is 47.1 Å². The average Bonchev–Trinajstić information content (AvgIpc) is 3.71. The van der Waals surface area contributed by atoms with Crippen LogP contribution >= 0.6 is 0 Å². The Morgan fingerprint density at radius 3 is 2.92 bits per heavy atom. The van der Waals surface area contributed by atoms with E-state index in [0.29, 0.717) is 48.3 Å². The zero-order valence-corrected chi connectivity index (χ0v) is 20.1. The third kappa shape index (κ3) is 4.87. The van der Waals surface area contributed by atoms with Gasteiger partial charge in [0.05, 0.1) is 24.9 Å². The van der Waals surface area contributed by atoms with Crippen LogP contribution in [-0.4, -0.2) is 56.7 Å². The number of nitrogens with one attached hydrogen (secondary N) is 2. The third-order valence-electron chi connectivity index (χ3n) is 6.44. The van der Waals surface area contributed by atoms with Gasteiger partial charge in [-0.2, -0.15) is 15.1 Å². The fraction of sp³-hybridized carbons (Fsp3) is 0.400. The molecule has 2 unspecified atom stereocenters. The number of pyridine rings is 1. The Balaban J connectivity index is 1.28. The van der Waals surface area contributed by atoms with Gasteiger partial charge in [-0.25, -0.2) is 0 Å². The van der Waals surface area contributed by atoms with Crippen molar-refractivity contribution < 1.29 is 14.0 Å². The summed E-state index contributed by atoms with van der Waals surface area (Å²) in [5.41, 5.74) is 2.45. The molecule has 2 aliphatic heterocycles. The molecule has 0 aromatic carbocycles. The first-order chi connectivity index (χ1) is 17.7. The number of nitrogens with zero attached hydrogens (tertiary/aromatic N) is 6. The highest BCUT2D eigenvalue weighted by Gasteiger charge is 2.32. The van der Waals surface area contributed by atoms with Crippen molar-refractivity contribution in [1.82, 2.24) is 30.3 Å². The average molecular weight is 489 g/mol. The minimum absolute atomic E-state index is 0.0334. The van der Waals surface area contributed by atoms with E-state index in [2.05, 4.69) is 30.6 Å². The normalized spacial score (nSPS) is 19.6. The highest BCUT2D eigenvalue weighted by molar-refractivity contribution is 5.57. The number of H-pyrrole nitrogens is 1. The van der Waals surface area contributed by atoms with E-state index in [0.717, 1.165) is 49.6 Å². The van der Waals surface area contributed by atoms with E-state index in [9.17, 15) is 0 Å². The largest absolute Gasteiger partial charge is 0.477 e. The van der Waals surface area contributed by atoms with Gasteiger partial charge in [0, 0.05) is 49.2 Å². The molecule has 2 fully saturated rings. The van der Waals surface area contributed by atoms with Crippen LogP contribution in [0, 0.1) is 12.8 Å². The van der Waals surface area contributed by atoms with E-state index in [1.165, 1.54) is 0 Å². The Morgan fingerprint density at radius 2 is 2.11 bits per heavy atom. The van der Waals surface area contributed by atoms with E-state index >= 15 is 0 Å². The Bertz CT molecular complexity index is 1300. The summed E-state index contributed by atoms with van der Waals surface area (Å²) in [5, 5.41) is 14.7. The van der Waals surface area contributed by atoms with Crippen LogP contribution in [0.3, 0.4) is 0 Å². The lowest BCUT2D eigenvalue weighted by molar-refractivity contribution is 0.165. The molecule has 186 valence electrons. The number of aromatic amines is 1. The number of rotatable bonds is 8. The number of hydrogen-bond donors (Lipinski definition) is 2. The molecule has 0 bridgehead atoms. The van der Waals surface area contributed by atoms with Crippen molar-refractivity contribution in [3.05, 3.63) is 54.0 Å². The quantitative estimate of drug-likeness (QED) is 0.375. The smallest absolute Gasteiger partial charge is 0.231 e. The lowest BCUT2D eigenvalue weighted by Gasteiger charge is -2.23. The topological polar surface area (TPSA) is 127 Å². The van der Waals surface area contributed by atoms with E-state index < -0.39 is 0 Å². The van der Waals surface area contributed by atoms with Crippen LogP contribution in [0.1, 0.15) is 36.8 Å². The standard InChI is InChI=1S/C25H28N8O3/c1-16-11-23(31-30-16)27-22-13-24(35-15-17-7-10-34-14-17)29-25(28-22)33-9-4-6-20(33)21-12-19(32-36-21)18-5-2-3-8-26-18/h2-3,5,8,11-13,17,20H,4,6-7,9-10,14-15H2,1H3,(H2,27,28,29,30,31). The van der Waals surface area contributed by atoms with Gasteiger partial charge in [-0.05, 0) is 38.3 Å². The molecule has 11 nitrogen and oxygen atoms in total. The van der Waals surface area contributed by atoms with Gasteiger partial charge in [-0.3, -0.25) is 10.1 Å². The molecule has 2 atom stereocenters. The zero-order chi connectivity index (χ0) is 24.3. The van der Waals surface area contributed by atoms with Crippen LogP contribution < -0.4 is 15.0 Å². The molecule has 2 aliphatic rings. The highest BCUT2D eigenvalue weighted by Crippen LogP contribution is 2.37. The molecule has 0 aliphatic carbocycles. The van der Waals surface area contributed by atoms with E-state index in [1.807, 2.05) is 43.3 Å². The number of aryl methyl sites for hydroxylation is 1. The lowest BCUT2D eigenvalue weighted by Crippen LogP contribution is -2.25. The van der Waals surface area contributed by atoms with Crippen molar-refractivity contribution in [3.8, 4) is 17.3 Å². The summed E-state index contributed by atoms with van der Waals surface area (Å²) < 4.78 is 17.4. The third-order valence-corrected chi connectivity index (χ3v) is 6.44. The van der Waals surface area contributed by atoms with Gasteiger partial charge in [-0.1, -0.05) is 11.2 Å². The van der Waals surface area contributed by atoms with Crippen LogP contribution in [-0.2, 0) is 4.74 Å². The molecule has 0 saturated carbocycles. The van der Waals surface area contributed by atoms with E-state index in [4.69, 9.17) is 24.0 Å². The van der Waals surface area contributed by atoms with Crippen LogP contribution in [0.25, 0.3) is 11.4 Å². The monoisotopic (exact) mass is 488 g/mol. The van der Waals surface area contributed by atoms with E-state index in [1.54, 1.807) is 6.20 Å². The van der Waals surface area contributed by atoms with Gasteiger partial charge in [0.15, 0.2) is 11.6 Å². The first-order valence-electron chi connectivity index (χ1n) is 12.2. The molecule has 36 heavy (non-hydrogen) atoms. The summed E-state index contributed by atoms with van der Waals surface area (Å²) in [6, 6.07) is 11.4. The fourth-order valence-corrected chi connectivity index (χ4v) is 4.59. The van der Waals surface area contributed by atoms with Gasteiger partial charge < -0.3 is 24.2 Å². The second kappa shape index (κ2) is 9.94. The first-order valence-corrected chi connectivity index (χ1v) is 12.2. The van der Waals surface area contributed by atoms with Gasteiger partial charge in [0.25, 0.3) is 0 Å². The predicted octanol–water partition coefficient (Wildman–Crippen LogP) is 4.06. The number of anilines is 3. The van der Waals surface area contributed by atoms with Crippen LogP contribution in [0.5, 0.6) is 5.88 Å². The molecule has 2 N–H and O–H groups in total. The van der Waals surface area contributed by atoms with Gasteiger partial charge in [0.1, 0.15) is 11.5 Å². The van der Waals surface area contributed by atoms with E-state index in [-0.39, 0.29) is 6.04 Å². The molecule has 6 heterocycles. The van der Waals surface area contributed by atoms with Gasteiger partial charge in [0.2, 0.25) is 11.8 Å². The maximum absolute atomic E-state index is 6.11. The summed E-state index contributed by atoms with van der Waals surface area (Å²) in [4.78, 5) is 16.1. The first kappa shape index (κ1) is 22.5. The number of ether oxygens (including phenoxy) is 2. The van der Waals surface area contributed by atoms with Gasteiger partial charge >= 0.3 is 0 Å². The zero-order valence-electron chi connectivity index (χ0n) is 20.1. The van der Waals surface area contributed by atoms with Gasteiger partial charge in [-0.15, -0.1) is 0 Å². The van der Waals surface area contributed by atoms with Crippen LogP contribution in [0.4, 0.5) is 17.6 Å². The molecular formula is C25H28N8O3. The Kier molecular flexibility index (Phi) is 6.20. The van der Waals surface area contributed by atoms with Crippen molar-refractivity contribution in [3.63, 3.8) is 0 Å². The molecule has 6 rings (SSSR count). The molecule has 0 amide bonds. The number of hydrogen-bond acceptors (Lipinski definition) is 10. The highest BCUT2D eigenvalue weighted by atomic mass is 16.5. The van der Waals surface area contributed by atoms with Crippen molar-refractivity contribution in [2.75, 3.05) is 36.6 Å². The fourth-order valence-electron chi connectivity index (χ4n) is 4.59. The summed E-state index contributed by atoms with van der Waals surface area (Å²) in [7, 11) is 0. The Labute approximate surface area is 208 Å². The molecule has 0 radical (unpaired) electrons. The van der Waals surface area contributed by atoms with Crippen LogP contribution in [0.2, 0.25) is 0 Å². The Morgan fingerprint density at radius 1 is 1.14 bits per heavy atom. The molecular weight excluding hydrogens is 460 g/mol.